The molecule has 0 bridgehead atoms. The minimum atomic E-state index is -0.402. The van der Waals surface area contributed by atoms with Gasteiger partial charge in [-0.2, -0.15) is 0 Å². The molecule has 1 amide bonds. The quantitative estimate of drug-likeness (QED) is 0.396. The smallest absolute Gasteiger partial charge is 0.255 e. The Labute approximate surface area is 194 Å². The summed E-state index contributed by atoms with van der Waals surface area (Å²) in [5.41, 5.74) is 2.32. The first-order chi connectivity index (χ1) is 16.0. The van der Waals surface area contributed by atoms with Crippen LogP contribution in [0.4, 0.5) is 11.4 Å². The van der Waals surface area contributed by atoms with Crippen molar-refractivity contribution in [2.45, 2.75) is 0 Å². The lowest BCUT2D eigenvalue weighted by molar-refractivity contribution is 0.0982. The fourth-order valence-corrected chi connectivity index (χ4v) is 4.07. The van der Waals surface area contributed by atoms with E-state index < -0.39 is 5.78 Å². The molecule has 4 aromatic carbocycles. The Balaban J connectivity index is 1.36. The lowest BCUT2D eigenvalue weighted by Gasteiger charge is -2.19. The van der Waals surface area contributed by atoms with Gasteiger partial charge in [0, 0.05) is 33.5 Å². The molecule has 0 aliphatic heterocycles. The molecule has 6 heteroatoms. The number of carbonyl (C=O) groups excluding carboxylic acids is 3. The van der Waals surface area contributed by atoms with Crippen molar-refractivity contribution in [2.24, 2.45) is 0 Å². The van der Waals surface area contributed by atoms with E-state index in [-0.39, 0.29) is 22.4 Å². The third kappa shape index (κ3) is 3.79. The molecular formula is C27H17ClN2O3. The second-order valence-corrected chi connectivity index (χ2v) is 7.95. The predicted molar refractivity (Wildman–Crippen MR) is 130 cm³/mol. The van der Waals surface area contributed by atoms with Gasteiger partial charge in [0.05, 0.1) is 0 Å². The van der Waals surface area contributed by atoms with Crippen molar-refractivity contribution in [3.8, 4) is 0 Å². The summed E-state index contributed by atoms with van der Waals surface area (Å²) in [4.78, 5) is 38.2. The summed E-state index contributed by atoms with van der Waals surface area (Å²) in [6.45, 7) is 0. The van der Waals surface area contributed by atoms with Gasteiger partial charge in [0.2, 0.25) is 11.6 Å². The maximum atomic E-state index is 12.8. The number of carbonyl (C=O) groups is 3. The number of rotatable bonds is 4. The van der Waals surface area contributed by atoms with Crippen molar-refractivity contribution < 1.29 is 14.4 Å². The van der Waals surface area contributed by atoms with Gasteiger partial charge < -0.3 is 10.6 Å². The number of allylic oxidation sites excluding steroid dienone is 2. The van der Waals surface area contributed by atoms with Crippen molar-refractivity contribution in [1.29, 1.82) is 0 Å². The molecule has 0 spiro atoms. The van der Waals surface area contributed by atoms with Gasteiger partial charge in [-0.1, -0.05) is 72.3 Å². The van der Waals surface area contributed by atoms with Crippen molar-refractivity contribution in [1.82, 2.24) is 0 Å². The van der Waals surface area contributed by atoms with Crippen LogP contribution in [0.15, 0.2) is 102 Å². The molecule has 0 heterocycles. The second-order valence-electron chi connectivity index (χ2n) is 7.58. The highest BCUT2D eigenvalue weighted by atomic mass is 35.5. The van der Waals surface area contributed by atoms with Gasteiger partial charge in [-0.3, -0.25) is 14.4 Å². The van der Waals surface area contributed by atoms with Crippen LogP contribution in [0.25, 0.3) is 10.8 Å². The molecule has 2 N–H and O–H groups in total. The number of ketones is 2. The summed E-state index contributed by atoms with van der Waals surface area (Å²) < 4.78 is 0. The number of hydrogen-bond acceptors (Lipinski definition) is 4. The fourth-order valence-electron chi connectivity index (χ4n) is 3.84. The summed E-state index contributed by atoms with van der Waals surface area (Å²) in [5, 5.41) is 7.71. The van der Waals surface area contributed by atoms with Crippen molar-refractivity contribution in [3.05, 3.63) is 118 Å². The molecule has 33 heavy (non-hydrogen) atoms. The molecule has 5 rings (SSSR count). The molecule has 0 atom stereocenters. The first-order valence-electron chi connectivity index (χ1n) is 10.3. The Bertz CT molecular complexity index is 1470. The van der Waals surface area contributed by atoms with Crippen molar-refractivity contribution >= 4 is 51.2 Å². The first-order valence-corrected chi connectivity index (χ1v) is 10.6. The van der Waals surface area contributed by atoms with Crippen LogP contribution in [-0.2, 0) is 0 Å². The zero-order chi connectivity index (χ0) is 22.9. The Kier molecular flexibility index (Phi) is 5.24. The van der Waals surface area contributed by atoms with Gasteiger partial charge in [0.1, 0.15) is 10.7 Å². The molecule has 0 unspecified atom stereocenters. The third-order valence-electron chi connectivity index (χ3n) is 5.52. The van der Waals surface area contributed by atoms with Crippen LogP contribution >= 0.6 is 11.6 Å². The Morgan fingerprint density at radius 1 is 0.697 bits per heavy atom. The van der Waals surface area contributed by atoms with Crippen molar-refractivity contribution in [3.63, 3.8) is 0 Å². The number of halogens is 1. The number of Topliss-reactive ketones (excluding diaryl/α,β-unsaturated/α-hetero) is 2. The number of amides is 1. The summed E-state index contributed by atoms with van der Waals surface area (Å²) in [5.74, 6) is -1.01. The SMILES string of the molecule is O=C(Nc1cccc2ccccc12)c1ccc(NC2=C(Cl)C(=O)c3ccccc3C2=O)cc1. The van der Waals surface area contributed by atoms with Gasteiger partial charge in [0.15, 0.2) is 0 Å². The van der Waals surface area contributed by atoms with Crippen LogP contribution < -0.4 is 10.6 Å². The highest BCUT2D eigenvalue weighted by Gasteiger charge is 2.31. The highest BCUT2D eigenvalue weighted by Crippen LogP contribution is 2.29. The maximum absolute atomic E-state index is 12.8. The first kappa shape index (κ1) is 20.7. The standard InChI is InChI=1S/C27H17ClN2O3/c28-23-24(26(32)21-10-4-3-9-20(21)25(23)31)29-18-14-12-17(13-15-18)27(33)30-22-11-5-7-16-6-1-2-8-19(16)22/h1-15,29H,(H,30,33). The predicted octanol–water partition coefficient (Wildman–Crippen LogP) is 6.03. The maximum Gasteiger partial charge on any atom is 0.255 e. The molecular weight excluding hydrogens is 436 g/mol. The molecule has 1 aliphatic carbocycles. The van der Waals surface area contributed by atoms with Gasteiger partial charge in [-0.05, 0) is 35.7 Å². The third-order valence-corrected chi connectivity index (χ3v) is 5.88. The Hall–Kier alpha value is -4.22. The van der Waals surface area contributed by atoms with E-state index in [9.17, 15) is 14.4 Å². The van der Waals surface area contributed by atoms with Crippen LogP contribution in [0.1, 0.15) is 31.1 Å². The lowest BCUT2D eigenvalue weighted by Crippen LogP contribution is -2.24. The van der Waals surface area contributed by atoms with Crippen LogP contribution in [0.5, 0.6) is 0 Å². The van der Waals surface area contributed by atoms with Gasteiger partial charge >= 0.3 is 0 Å². The molecule has 0 saturated carbocycles. The topological polar surface area (TPSA) is 75.3 Å². The second kappa shape index (κ2) is 8.37. The molecule has 4 aromatic rings. The number of benzene rings is 4. The average Bonchev–Trinajstić information content (AvgIpc) is 2.86. The average molecular weight is 453 g/mol. The van der Waals surface area contributed by atoms with Crippen LogP contribution in [-0.4, -0.2) is 17.5 Å². The molecule has 160 valence electrons. The van der Waals surface area contributed by atoms with E-state index in [1.54, 1.807) is 48.5 Å². The van der Waals surface area contributed by atoms with E-state index in [0.29, 0.717) is 22.4 Å². The fraction of sp³-hybridized carbons (Fsp3) is 0. The molecule has 0 fully saturated rings. The van der Waals surface area contributed by atoms with E-state index in [2.05, 4.69) is 10.6 Å². The minimum Gasteiger partial charge on any atom is -0.351 e. The Morgan fingerprint density at radius 3 is 2.09 bits per heavy atom. The summed E-state index contributed by atoms with van der Waals surface area (Å²) >= 11 is 6.21. The van der Waals surface area contributed by atoms with Gasteiger partial charge in [-0.25, -0.2) is 0 Å². The van der Waals surface area contributed by atoms with Gasteiger partial charge in [0.25, 0.3) is 5.91 Å². The van der Waals surface area contributed by atoms with E-state index in [4.69, 9.17) is 11.6 Å². The molecule has 5 nitrogen and oxygen atoms in total. The molecule has 0 aromatic heterocycles. The number of fused-ring (bicyclic) bond motifs is 2. The summed E-state index contributed by atoms with van der Waals surface area (Å²) in [7, 11) is 0. The van der Waals surface area contributed by atoms with E-state index in [1.165, 1.54) is 0 Å². The lowest BCUT2D eigenvalue weighted by atomic mass is 9.92. The minimum absolute atomic E-state index is 0.0216. The normalized spacial score (nSPS) is 13.1. The number of nitrogens with one attached hydrogen (secondary N) is 2. The summed E-state index contributed by atoms with van der Waals surface area (Å²) in [6, 6.07) is 26.7. The van der Waals surface area contributed by atoms with Crippen LogP contribution in [0, 0.1) is 0 Å². The molecule has 1 aliphatic rings. The monoisotopic (exact) mass is 452 g/mol. The van der Waals surface area contributed by atoms with Crippen LogP contribution in [0.3, 0.4) is 0 Å². The zero-order valence-corrected chi connectivity index (χ0v) is 18.0. The molecule has 0 radical (unpaired) electrons. The Morgan fingerprint density at radius 2 is 1.33 bits per heavy atom. The van der Waals surface area contributed by atoms with Gasteiger partial charge in [-0.15, -0.1) is 0 Å². The largest absolute Gasteiger partial charge is 0.351 e. The summed E-state index contributed by atoms with van der Waals surface area (Å²) in [6.07, 6.45) is 0. The highest BCUT2D eigenvalue weighted by molar-refractivity contribution is 6.50. The van der Waals surface area contributed by atoms with Crippen LogP contribution in [0.2, 0.25) is 0 Å². The zero-order valence-electron chi connectivity index (χ0n) is 17.3. The number of hydrogen-bond donors (Lipinski definition) is 2. The van der Waals surface area contributed by atoms with E-state index >= 15 is 0 Å². The van der Waals surface area contributed by atoms with E-state index in [0.717, 1.165) is 16.5 Å². The van der Waals surface area contributed by atoms with E-state index in [1.807, 2.05) is 42.5 Å². The number of anilines is 2. The molecule has 0 saturated heterocycles. The van der Waals surface area contributed by atoms with Crippen molar-refractivity contribution in [2.75, 3.05) is 10.6 Å².